The van der Waals surface area contributed by atoms with Gasteiger partial charge in [0.1, 0.15) is 5.75 Å². The Kier molecular flexibility index (Phi) is 14.2. The van der Waals surface area contributed by atoms with Gasteiger partial charge in [0.2, 0.25) is 0 Å². The first kappa shape index (κ1) is 42.1. The van der Waals surface area contributed by atoms with Crippen LogP contribution in [0.5, 0.6) is 0 Å². The first-order valence-electron chi connectivity index (χ1n) is 19.1. The van der Waals surface area contributed by atoms with E-state index >= 15 is 0 Å². The highest BCUT2D eigenvalue weighted by molar-refractivity contribution is 7.99. The number of hydrogen-bond acceptors (Lipinski definition) is 9. The van der Waals surface area contributed by atoms with Gasteiger partial charge in [0.05, 0.1) is 15.9 Å². The molecule has 1 aliphatic rings. The lowest BCUT2D eigenvalue weighted by molar-refractivity contribution is -0.385. The Labute approximate surface area is 344 Å². The first-order valence-corrected chi connectivity index (χ1v) is 22.1. The van der Waals surface area contributed by atoms with Crippen molar-refractivity contribution in [2.45, 2.75) is 41.6 Å². The molecule has 1 fully saturated rings. The van der Waals surface area contributed by atoms with Gasteiger partial charge in [-0.3, -0.25) is 14.9 Å². The number of benzene rings is 5. The van der Waals surface area contributed by atoms with E-state index in [1.165, 1.54) is 12.1 Å². The Morgan fingerprint density at radius 3 is 2.26 bits per heavy atom. The zero-order valence-corrected chi connectivity index (χ0v) is 34.6. The number of carbonyl (C=O) groups excluding carboxylic acids is 1. The quantitative estimate of drug-likeness (QED) is 0.0423. The molecule has 5 aromatic rings. The van der Waals surface area contributed by atoms with Crippen molar-refractivity contribution in [2.75, 3.05) is 50.1 Å². The summed E-state index contributed by atoms with van der Waals surface area (Å²) in [6.07, 6.45) is 2.14. The van der Waals surface area contributed by atoms with Crippen molar-refractivity contribution in [3.63, 3.8) is 0 Å². The van der Waals surface area contributed by atoms with Crippen molar-refractivity contribution < 1.29 is 23.2 Å². The second kappa shape index (κ2) is 19.3. The number of anilines is 1. The Morgan fingerprint density at radius 2 is 1.60 bits per heavy atom. The van der Waals surface area contributed by atoms with E-state index in [0.717, 1.165) is 64.9 Å². The molecule has 0 aromatic heterocycles. The molecule has 0 amide bonds. The van der Waals surface area contributed by atoms with Crippen LogP contribution in [-0.2, 0) is 16.3 Å². The minimum absolute atomic E-state index is 0.0637. The van der Waals surface area contributed by atoms with Crippen molar-refractivity contribution in [3.05, 3.63) is 153 Å². The topological polar surface area (TPSA) is 121 Å². The van der Waals surface area contributed by atoms with Crippen molar-refractivity contribution in [1.82, 2.24) is 4.90 Å². The number of nitro groups is 1. The maximum absolute atomic E-state index is 13.5. The molecule has 1 aliphatic heterocycles. The number of aliphatic hydroxyl groups is 1. The van der Waals surface area contributed by atoms with Crippen LogP contribution < -0.4 is 4.90 Å². The second-order valence-corrected chi connectivity index (χ2v) is 18.4. The van der Waals surface area contributed by atoms with Crippen molar-refractivity contribution in [3.8, 4) is 11.1 Å². The molecule has 2 atom stereocenters. The molecule has 57 heavy (non-hydrogen) atoms. The number of hydrogen-bond donors (Lipinski definition) is 1. The normalized spacial score (nSPS) is 14.7. The first-order chi connectivity index (χ1) is 27.4. The van der Waals surface area contributed by atoms with E-state index in [1.807, 2.05) is 105 Å². The standard InChI is InChI=1S/C45H48ClN3O6S2/c1-47(2)25-22-32(30-56-39-8-4-3-5-9-39)28-36-16-21-40(29-43(36)49(52)53)57(54,55)31-44(50)34-14-19-38(20-15-34)48-26-23-35(24-27-48)45(51)42-11-7-6-10-41(42)33-12-17-37(46)18-13-33/h3-21,29,32,35,45,51H,22-28,30-31H2,1-2H3/t32-,45+/m0/s1. The van der Waals surface area contributed by atoms with Crippen LogP contribution in [0.15, 0.2) is 131 Å². The third-order valence-corrected chi connectivity index (χ3v) is 13.7. The van der Waals surface area contributed by atoms with Gasteiger partial charge in [-0.1, -0.05) is 72.3 Å². The number of nitrogens with zero attached hydrogens (tertiary/aromatic N) is 3. The van der Waals surface area contributed by atoms with Crippen LogP contribution in [-0.4, -0.2) is 74.4 Å². The average molecular weight is 826 g/mol. The summed E-state index contributed by atoms with van der Waals surface area (Å²) in [5.74, 6) is -0.456. The molecule has 5 aromatic carbocycles. The van der Waals surface area contributed by atoms with Crippen LogP contribution >= 0.6 is 23.4 Å². The fourth-order valence-electron chi connectivity index (χ4n) is 7.38. The predicted molar refractivity (Wildman–Crippen MR) is 230 cm³/mol. The third-order valence-electron chi connectivity index (χ3n) is 10.6. The maximum Gasteiger partial charge on any atom is 0.273 e. The lowest BCUT2D eigenvalue weighted by Crippen LogP contribution is -2.35. The summed E-state index contributed by atoms with van der Waals surface area (Å²) in [5, 5.41) is 24.4. The summed E-state index contributed by atoms with van der Waals surface area (Å²) in [4.78, 5) is 30.2. The zero-order valence-electron chi connectivity index (χ0n) is 32.2. The van der Waals surface area contributed by atoms with Gasteiger partial charge in [0.15, 0.2) is 15.6 Å². The van der Waals surface area contributed by atoms with Gasteiger partial charge in [-0.05, 0) is 129 Å². The Hall–Kier alpha value is -4.52. The highest BCUT2D eigenvalue weighted by atomic mass is 35.5. The predicted octanol–water partition coefficient (Wildman–Crippen LogP) is 9.42. The van der Waals surface area contributed by atoms with Crippen LogP contribution in [0.4, 0.5) is 11.4 Å². The smallest absolute Gasteiger partial charge is 0.273 e. The monoisotopic (exact) mass is 825 g/mol. The summed E-state index contributed by atoms with van der Waals surface area (Å²) in [7, 11) is -0.197. The summed E-state index contributed by atoms with van der Waals surface area (Å²) in [5.41, 5.74) is 4.24. The summed E-state index contributed by atoms with van der Waals surface area (Å²) >= 11 is 7.80. The number of nitro benzene ring substituents is 1. The van der Waals surface area contributed by atoms with Gasteiger partial charge in [-0.15, -0.1) is 11.8 Å². The summed E-state index contributed by atoms with van der Waals surface area (Å²) in [6, 6.07) is 36.4. The molecular formula is C45H48ClN3O6S2. The number of sulfone groups is 1. The molecule has 1 saturated heterocycles. The van der Waals surface area contributed by atoms with Gasteiger partial charge in [0.25, 0.3) is 5.69 Å². The van der Waals surface area contributed by atoms with E-state index in [-0.39, 0.29) is 28.0 Å². The molecule has 0 unspecified atom stereocenters. The number of carbonyl (C=O) groups is 1. The highest BCUT2D eigenvalue weighted by Crippen LogP contribution is 2.38. The molecule has 0 bridgehead atoms. The van der Waals surface area contributed by atoms with E-state index in [9.17, 15) is 28.4 Å². The van der Waals surface area contributed by atoms with Crippen LogP contribution in [0.2, 0.25) is 5.02 Å². The van der Waals surface area contributed by atoms with E-state index in [2.05, 4.69) is 9.80 Å². The third kappa shape index (κ3) is 11.1. The molecule has 0 spiro atoms. The fraction of sp³-hybridized carbons (Fsp3) is 0.311. The van der Waals surface area contributed by atoms with E-state index in [1.54, 1.807) is 23.9 Å². The van der Waals surface area contributed by atoms with Gasteiger partial charge in [0, 0.05) is 51.6 Å². The van der Waals surface area contributed by atoms with E-state index in [4.69, 9.17) is 11.6 Å². The van der Waals surface area contributed by atoms with Crippen LogP contribution in [0.25, 0.3) is 11.1 Å². The Morgan fingerprint density at radius 1 is 0.930 bits per heavy atom. The molecule has 1 heterocycles. The van der Waals surface area contributed by atoms with Crippen LogP contribution in [0.1, 0.15) is 46.9 Å². The van der Waals surface area contributed by atoms with Gasteiger partial charge in [-0.25, -0.2) is 8.42 Å². The van der Waals surface area contributed by atoms with Crippen LogP contribution in [0, 0.1) is 22.0 Å². The Bertz CT molecular complexity index is 2250. The van der Waals surface area contributed by atoms with Crippen molar-refractivity contribution >= 4 is 50.4 Å². The minimum Gasteiger partial charge on any atom is -0.388 e. The molecule has 1 N–H and O–H groups in total. The Balaban J connectivity index is 1.07. The number of thioether (sulfide) groups is 1. The van der Waals surface area contributed by atoms with Crippen LogP contribution in [0.3, 0.4) is 0 Å². The highest BCUT2D eigenvalue weighted by Gasteiger charge is 2.29. The number of ketones is 1. The number of aliphatic hydroxyl groups excluding tert-OH is 1. The minimum atomic E-state index is -4.17. The molecule has 0 aliphatic carbocycles. The number of halogens is 1. The lowest BCUT2D eigenvalue weighted by Gasteiger charge is -2.36. The molecular weight excluding hydrogens is 778 g/mol. The summed E-state index contributed by atoms with van der Waals surface area (Å²) in [6.45, 7) is 2.24. The molecule has 0 saturated carbocycles. The van der Waals surface area contributed by atoms with Gasteiger partial charge < -0.3 is 14.9 Å². The van der Waals surface area contributed by atoms with Crippen molar-refractivity contribution in [1.29, 1.82) is 0 Å². The SMILES string of the molecule is CN(C)CC[C@H](CSc1ccccc1)Cc1ccc(S(=O)(=O)CC(=O)c2ccc(N3CCC([C@@H](O)c4ccccc4-c4ccc(Cl)cc4)CC3)cc2)cc1[N+](=O)[O-]. The van der Waals surface area contributed by atoms with Gasteiger partial charge >= 0.3 is 0 Å². The maximum atomic E-state index is 13.5. The number of rotatable bonds is 17. The van der Waals surface area contributed by atoms with Crippen molar-refractivity contribution in [2.24, 2.45) is 11.8 Å². The molecule has 298 valence electrons. The summed E-state index contributed by atoms with van der Waals surface area (Å²) < 4.78 is 27.0. The number of piperidine rings is 1. The largest absolute Gasteiger partial charge is 0.388 e. The zero-order chi connectivity index (χ0) is 40.5. The molecule has 9 nitrogen and oxygen atoms in total. The fourth-order valence-corrected chi connectivity index (χ4v) is 9.81. The molecule has 12 heteroatoms. The van der Waals surface area contributed by atoms with E-state index < -0.39 is 32.4 Å². The lowest BCUT2D eigenvalue weighted by atomic mass is 9.84. The molecule has 6 rings (SSSR count). The van der Waals surface area contributed by atoms with Gasteiger partial charge in [-0.2, -0.15) is 0 Å². The average Bonchev–Trinajstić information content (AvgIpc) is 3.22. The molecule has 0 radical (unpaired) electrons. The number of Topliss-reactive ketones (excluding diaryl/α,β-unsaturated/α-hetero) is 1. The van der Waals surface area contributed by atoms with E-state index in [0.29, 0.717) is 30.1 Å². The second-order valence-electron chi connectivity index (χ2n) is 14.9.